The Bertz CT molecular complexity index is 398. The van der Waals surface area contributed by atoms with Crippen molar-refractivity contribution < 1.29 is 9.53 Å². The summed E-state index contributed by atoms with van der Waals surface area (Å²) in [5.41, 5.74) is 2.80. The Hall–Kier alpha value is -1.12. The minimum atomic E-state index is -0.0854. The maximum atomic E-state index is 11.5. The van der Waals surface area contributed by atoms with Crippen molar-refractivity contribution >= 4 is 11.7 Å². The van der Waals surface area contributed by atoms with E-state index in [0.29, 0.717) is 13.0 Å². The number of carbonyl (C=O) groups excluding carboxylic acids is 1. The fourth-order valence-electron chi connectivity index (χ4n) is 2.94. The highest BCUT2D eigenvalue weighted by Crippen LogP contribution is 2.34. The van der Waals surface area contributed by atoms with Crippen molar-refractivity contribution in [2.24, 2.45) is 10.4 Å². The number of esters is 1. The standard InChI is InChI=1S/C16H25NO2/c1-3-19-15(18)9-10-16(2)11-13-7-5-4-6-8-14(13)17-12-16/h11H,3-10,12H2,1-2H3/t16-/m1/s1. The predicted octanol–water partition coefficient (Wildman–Crippen LogP) is 3.68. The molecule has 2 rings (SSSR count). The number of allylic oxidation sites excluding steroid dienone is 1. The average molecular weight is 263 g/mol. The molecule has 0 N–H and O–H groups in total. The van der Waals surface area contributed by atoms with E-state index in [2.05, 4.69) is 13.0 Å². The van der Waals surface area contributed by atoms with Gasteiger partial charge in [0.15, 0.2) is 0 Å². The zero-order valence-electron chi connectivity index (χ0n) is 12.2. The van der Waals surface area contributed by atoms with Crippen LogP contribution in [0.5, 0.6) is 0 Å². The second kappa shape index (κ2) is 6.36. The van der Waals surface area contributed by atoms with Crippen molar-refractivity contribution in [3.05, 3.63) is 11.6 Å². The van der Waals surface area contributed by atoms with Crippen LogP contribution in [0.15, 0.2) is 16.6 Å². The highest BCUT2D eigenvalue weighted by atomic mass is 16.5. The van der Waals surface area contributed by atoms with E-state index in [1.807, 2.05) is 6.92 Å². The fraction of sp³-hybridized carbons (Fsp3) is 0.750. The molecule has 2 aliphatic rings. The first-order valence-corrected chi connectivity index (χ1v) is 7.54. The Morgan fingerprint density at radius 3 is 2.95 bits per heavy atom. The first kappa shape index (κ1) is 14.3. The number of rotatable bonds is 4. The fourth-order valence-corrected chi connectivity index (χ4v) is 2.94. The molecule has 1 fully saturated rings. The molecule has 0 amide bonds. The summed E-state index contributed by atoms with van der Waals surface area (Å²) >= 11 is 0. The van der Waals surface area contributed by atoms with Crippen molar-refractivity contribution in [1.29, 1.82) is 0 Å². The first-order valence-electron chi connectivity index (χ1n) is 7.54. The summed E-state index contributed by atoms with van der Waals surface area (Å²) in [7, 11) is 0. The van der Waals surface area contributed by atoms with Crippen LogP contribution in [-0.4, -0.2) is 24.8 Å². The Balaban J connectivity index is 1.97. The van der Waals surface area contributed by atoms with Gasteiger partial charge in [0.25, 0.3) is 0 Å². The van der Waals surface area contributed by atoms with Gasteiger partial charge in [0, 0.05) is 24.1 Å². The topological polar surface area (TPSA) is 38.7 Å². The van der Waals surface area contributed by atoms with E-state index >= 15 is 0 Å². The van der Waals surface area contributed by atoms with E-state index in [9.17, 15) is 4.79 Å². The van der Waals surface area contributed by atoms with Gasteiger partial charge in [-0.3, -0.25) is 9.79 Å². The molecule has 0 spiro atoms. The molecule has 19 heavy (non-hydrogen) atoms. The van der Waals surface area contributed by atoms with Gasteiger partial charge in [-0.05, 0) is 44.6 Å². The van der Waals surface area contributed by atoms with E-state index in [1.54, 1.807) is 0 Å². The Morgan fingerprint density at radius 1 is 1.37 bits per heavy atom. The molecular weight excluding hydrogens is 238 g/mol. The Morgan fingerprint density at radius 2 is 2.16 bits per heavy atom. The average Bonchev–Trinajstić information content (AvgIpc) is 2.61. The molecule has 0 unspecified atom stereocenters. The molecule has 1 saturated carbocycles. The van der Waals surface area contributed by atoms with Gasteiger partial charge >= 0.3 is 5.97 Å². The molecule has 3 nitrogen and oxygen atoms in total. The van der Waals surface area contributed by atoms with Crippen LogP contribution in [0.4, 0.5) is 0 Å². The highest BCUT2D eigenvalue weighted by molar-refractivity contribution is 6.01. The Kier molecular flexibility index (Phi) is 4.78. The third-order valence-corrected chi connectivity index (χ3v) is 4.09. The maximum absolute atomic E-state index is 11.5. The van der Waals surface area contributed by atoms with Crippen molar-refractivity contribution in [2.45, 2.75) is 58.8 Å². The van der Waals surface area contributed by atoms with Crippen molar-refractivity contribution in [3.63, 3.8) is 0 Å². The predicted molar refractivity (Wildman–Crippen MR) is 77.4 cm³/mol. The van der Waals surface area contributed by atoms with Gasteiger partial charge in [-0.2, -0.15) is 0 Å². The number of fused-ring (bicyclic) bond motifs is 1. The van der Waals surface area contributed by atoms with Crippen LogP contribution in [0.1, 0.15) is 58.8 Å². The van der Waals surface area contributed by atoms with Crippen LogP contribution in [0.3, 0.4) is 0 Å². The summed E-state index contributed by atoms with van der Waals surface area (Å²) in [4.78, 5) is 16.3. The van der Waals surface area contributed by atoms with Gasteiger partial charge in [-0.15, -0.1) is 0 Å². The number of nitrogens with zero attached hydrogens (tertiary/aromatic N) is 1. The maximum Gasteiger partial charge on any atom is 0.305 e. The van der Waals surface area contributed by atoms with Crippen LogP contribution in [0.2, 0.25) is 0 Å². The van der Waals surface area contributed by atoms with E-state index in [-0.39, 0.29) is 11.4 Å². The lowest BCUT2D eigenvalue weighted by Crippen LogP contribution is -2.26. The van der Waals surface area contributed by atoms with Gasteiger partial charge in [0.2, 0.25) is 0 Å². The van der Waals surface area contributed by atoms with Crippen LogP contribution in [0.25, 0.3) is 0 Å². The van der Waals surface area contributed by atoms with Crippen LogP contribution < -0.4 is 0 Å². The Labute approximate surface area is 116 Å². The molecule has 0 aromatic carbocycles. The number of aliphatic imine (C=N–C) groups is 1. The largest absolute Gasteiger partial charge is 0.466 e. The van der Waals surface area contributed by atoms with Crippen molar-refractivity contribution in [2.75, 3.05) is 13.2 Å². The lowest BCUT2D eigenvalue weighted by atomic mass is 9.80. The van der Waals surface area contributed by atoms with Crippen LogP contribution in [0, 0.1) is 5.41 Å². The zero-order valence-corrected chi connectivity index (χ0v) is 12.2. The van der Waals surface area contributed by atoms with Crippen molar-refractivity contribution in [1.82, 2.24) is 0 Å². The third-order valence-electron chi connectivity index (χ3n) is 4.09. The molecule has 0 radical (unpaired) electrons. The number of dihydropyridines is 1. The van der Waals surface area contributed by atoms with Gasteiger partial charge in [0.1, 0.15) is 0 Å². The third kappa shape index (κ3) is 3.92. The van der Waals surface area contributed by atoms with Gasteiger partial charge in [0.05, 0.1) is 6.61 Å². The molecule has 0 aromatic rings. The molecule has 1 aliphatic carbocycles. The molecule has 0 bridgehead atoms. The summed E-state index contributed by atoms with van der Waals surface area (Å²) in [6, 6.07) is 0. The summed E-state index contributed by atoms with van der Waals surface area (Å²) in [6.07, 6.45) is 9.89. The summed E-state index contributed by atoms with van der Waals surface area (Å²) in [5, 5.41) is 0. The molecule has 3 heteroatoms. The molecule has 1 heterocycles. The number of ether oxygens (including phenoxy) is 1. The molecule has 1 aliphatic heterocycles. The normalized spacial score (nSPS) is 26.8. The number of carbonyl (C=O) groups is 1. The quantitative estimate of drug-likeness (QED) is 0.726. The van der Waals surface area contributed by atoms with E-state index < -0.39 is 0 Å². The van der Waals surface area contributed by atoms with Crippen LogP contribution >= 0.6 is 0 Å². The molecule has 106 valence electrons. The highest BCUT2D eigenvalue weighted by Gasteiger charge is 2.28. The second-order valence-electron chi connectivity index (χ2n) is 5.95. The number of hydrogen-bond donors (Lipinski definition) is 0. The molecular formula is C16H25NO2. The summed E-state index contributed by atoms with van der Waals surface area (Å²) in [6.45, 7) is 5.36. The minimum Gasteiger partial charge on any atom is -0.466 e. The molecule has 0 saturated heterocycles. The van der Waals surface area contributed by atoms with E-state index in [4.69, 9.17) is 9.73 Å². The summed E-state index contributed by atoms with van der Waals surface area (Å²) in [5.74, 6) is -0.0854. The monoisotopic (exact) mass is 263 g/mol. The van der Waals surface area contributed by atoms with Gasteiger partial charge in [-0.25, -0.2) is 0 Å². The second-order valence-corrected chi connectivity index (χ2v) is 5.95. The number of hydrogen-bond acceptors (Lipinski definition) is 3. The van der Waals surface area contributed by atoms with E-state index in [1.165, 1.54) is 30.5 Å². The molecule has 1 atom stereocenters. The van der Waals surface area contributed by atoms with Crippen LogP contribution in [-0.2, 0) is 9.53 Å². The lowest BCUT2D eigenvalue weighted by molar-refractivity contribution is -0.143. The SMILES string of the molecule is CCOC(=O)CC[C@]1(C)C=C2CCCCCC2=NC1. The van der Waals surface area contributed by atoms with Gasteiger partial charge < -0.3 is 4.74 Å². The molecule has 0 aromatic heterocycles. The van der Waals surface area contributed by atoms with Gasteiger partial charge in [-0.1, -0.05) is 19.4 Å². The first-order chi connectivity index (χ1) is 9.13. The summed E-state index contributed by atoms with van der Waals surface area (Å²) < 4.78 is 5.01. The minimum absolute atomic E-state index is 0.0376. The smallest absolute Gasteiger partial charge is 0.305 e. The van der Waals surface area contributed by atoms with E-state index in [0.717, 1.165) is 25.8 Å². The lowest BCUT2D eigenvalue weighted by Gasteiger charge is -2.29. The van der Waals surface area contributed by atoms with Crippen molar-refractivity contribution in [3.8, 4) is 0 Å². The zero-order chi connectivity index (χ0) is 13.7.